The average Bonchev–Trinajstić information content (AvgIpc) is 3.12. The van der Waals surface area contributed by atoms with Gasteiger partial charge in [-0.15, -0.1) is 0 Å². The number of methoxy groups -OCH3 is 1. The Bertz CT molecular complexity index is 856. The van der Waals surface area contributed by atoms with Crippen molar-refractivity contribution >= 4 is 49.2 Å². The molecule has 0 unspecified atom stereocenters. The maximum Gasteiger partial charge on any atom is 0.324 e. The third-order valence-electron chi connectivity index (χ3n) is 2.74. The van der Waals surface area contributed by atoms with Gasteiger partial charge in [-0.05, 0) is 24.3 Å². The Morgan fingerprint density at radius 3 is 2.95 bits per heavy atom. The van der Waals surface area contributed by atoms with Crippen LogP contribution in [0.2, 0.25) is 0 Å². The van der Waals surface area contributed by atoms with Gasteiger partial charge in [0.2, 0.25) is 5.13 Å². The largest absolute Gasteiger partial charge is 0.497 e. The Morgan fingerprint density at radius 2 is 2.23 bits per heavy atom. The van der Waals surface area contributed by atoms with Crippen LogP contribution in [0, 0.1) is 10.1 Å². The lowest BCUT2D eigenvalue weighted by molar-refractivity contribution is -0.380. The van der Waals surface area contributed by atoms with E-state index in [-0.39, 0.29) is 5.00 Å². The first-order valence-electron chi connectivity index (χ1n) is 6.13. The van der Waals surface area contributed by atoms with E-state index >= 15 is 0 Å². The van der Waals surface area contributed by atoms with Crippen molar-refractivity contribution in [3.8, 4) is 5.75 Å². The van der Waals surface area contributed by atoms with Crippen LogP contribution in [-0.4, -0.2) is 23.2 Å². The normalized spacial score (nSPS) is 11.1. The second kappa shape index (κ2) is 6.08. The zero-order chi connectivity index (χ0) is 15.5. The Kier molecular flexibility index (Phi) is 3.98. The minimum atomic E-state index is -0.420. The molecule has 0 spiro atoms. The van der Waals surface area contributed by atoms with Crippen LogP contribution in [0.25, 0.3) is 10.2 Å². The van der Waals surface area contributed by atoms with Crippen LogP contribution in [0.15, 0.2) is 35.4 Å². The monoisotopic (exact) mass is 334 g/mol. The molecular formula is C13H10N4O3S2. The fraction of sp³-hybridized carbons (Fsp3) is 0.0769. The Labute approximate surface area is 133 Å². The van der Waals surface area contributed by atoms with Gasteiger partial charge in [0.25, 0.3) is 0 Å². The zero-order valence-electron chi connectivity index (χ0n) is 11.3. The van der Waals surface area contributed by atoms with E-state index in [1.807, 2.05) is 18.2 Å². The van der Waals surface area contributed by atoms with Crippen LogP contribution < -0.4 is 10.2 Å². The van der Waals surface area contributed by atoms with Gasteiger partial charge in [-0.25, -0.2) is 4.98 Å². The Hall–Kier alpha value is -2.52. The lowest BCUT2D eigenvalue weighted by Crippen LogP contribution is -1.87. The number of rotatable bonds is 5. The van der Waals surface area contributed by atoms with Crippen LogP contribution in [0.4, 0.5) is 10.1 Å². The number of nitrogens with zero attached hydrogens (tertiary/aromatic N) is 3. The van der Waals surface area contributed by atoms with Crippen molar-refractivity contribution in [1.29, 1.82) is 0 Å². The molecule has 0 atom stereocenters. The van der Waals surface area contributed by atoms with E-state index in [9.17, 15) is 10.1 Å². The number of benzene rings is 1. The number of aromatic nitrogens is 1. The predicted molar refractivity (Wildman–Crippen MR) is 88.4 cm³/mol. The van der Waals surface area contributed by atoms with Crippen LogP contribution in [-0.2, 0) is 0 Å². The predicted octanol–water partition coefficient (Wildman–Crippen LogP) is 3.72. The highest BCUT2D eigenvalue weighted by molar-refractivity contribution is 7.22. The number of hydrazone groups is 1. The number of hydrogen-bond donors (Lipinski definition) is 1. The Balaban J connectivity index is 1.72. The summed E-state index contributed by atoms with van der Waals surface area (Å²) in [5.41, 5.74) is 3.69. The molecule has 0 fully saturated rings. The van der Waals surface area contributed by atoms with Gasteiger partial charge in [0.1, 0.15) is 5.75 Å². The molecule has 0 aliphatic rings. The number of anilines is 1. The van der Waals surface area contributed by atoms with Crippen molar-refractivity contribution in [2.45, 2.75) is 0 Å². The molecule has 1 aromatic carbocycles. The van der Waals surface area contributed by atoms with Gasteiger partial charge in [0.05, 0.1) is 33.3 Å². The molecule has 7 nitrogen and oxygen atoms in total. The van der Waals surface area contributed by atoms with Crippen molar-refractivity contribution in [2.24, 2.45) is 5.10 Å². The summed E-state index contributed by atoms with van der Waals surface area (Å²) < 4.78 is 6.16. The van der Waals surface area contributed by atoms with E-state index in [1.165, 1.54) is 23.6 Å². The molecule has 22 heavy (non-hydrogen) atoms. The first-order chi connectivity index (χ1) is 10.7. The van der Waals surface area contributed by atoms with Crippen LogP contribution in [0.1, 0.15) is 4.88 Å². The molecule has 0 bridgehead atoms. The molecule has 0 amide bonds. The highest BCUT2D eigenvalue weighted by Crippen LogP contribution is 2.29. The summed E-state index contributed by atoms with van der Waals surface area (Å²) >= 11 is 2.52. The molecule has 3 aromatic rings. The molecule has 0 saturated carbocycles. The first-order valence-corrected chi connectivity index (χ1v) is 7.77. The fourth-order valence-electron chi connectivity index (χ4n) is 1.74. The second-order valence-electron chi connectivity index (χ2n) is 4.16. The lowest BCUT2D eigenvalue weighted by atomic mass is 10.3. The number of hydrogen-bond acceptors (Lipinski definition) is 8. The number of thiazole rings is 1. The molecule has 2 heterocycles. The first kappa shape index (κ1) is 14.4. The quantitative estimate of drug-likeness (QED) is 0.436. The fourth-order valence-corrected chi connectivity index (χ4v) is 3.28. The van der Waals surface area contributed by atoms with Crippen molar-refractivity contribution in [3.05, 3.63) is 45.3 Å². The summed E-state index contributed by atoms with van der Waals surface area (Å²) in [6, 6.07) is 8.74. The van der Waals surface area contributed by atoms with E-state index in [0.717, 1.165) is 27.3 Å². The van der Waals surface area contributed by atoms with E-state index in [4.69, 9.17) is 4.74 Å². The summed E-state index contributed by atoms with van der Waals surface area (Å²) in [6.07, 6.45) is 1.53. The van der Waals surface area contributed by atoms with E-state index in [0.29, 0.717) is 10.0 Å². The topological polar surface area (TPSA) is 89.7 Å². The molecule has 3 rings (SSSR count). The molecule has 112 valence electrons. The van der Waals surface area contributed by atoms with Crippen molar-refractivity contribution in [2.75, 3.05) is 12.5 Å². The number of ether oxygens (including phenoxy) is 1. The molecule has 0 radical (unpaired) electrons. The minimum absolute atomic E-state index is 0.0912. The number of nitrogens with one attached hydrogen (secondary N) is 1. The maximum absolute atomic E-state index is 10.6. The minimum Gasteiger partial charge on any atom is -0.497 e. The molecule has 0 saturated heterocycles. The smallest absolute Gasteiger partial charge is 0.324 e. The highest BCUT2D eigenvalue weighted by atomic mass is 32.1. The van der Waals surface area contributed by atoms with Crippen molar-refractivity contribution < 1.29 is 9.66 Å². The van der Waals surface area contributed by atoms with Gasteiger partial charge in [0.15, 0.2) is 0 Å². The number of nitro groups is 1. The summed E-state index contributed by atoms with van der Waals surface area (Å²) in [5, 5.41) is 15.4. The van der Waals surface area contributed by atoms with E-state index < -0.39 is 4.92 Å². The summed E-state index contributed by atoms with van der Waals surface area (Å²) in [6.45, 7) is 0. The SMILES string of the molecule is COc1ccc2nc(NN=Cc3ccc([N+](=O)[O-])s3)sc2c1. The summed E-state index contributed by atoms with van der Waals surface area (Å²) in [4.78, 5) is 15.3. The third-order valence-corrected chi connectivity index (χ3v) is 4.63. The van der Waals surface area contributed by atoms with Crippen LogP contribution in [0.3, 0.4) is 0 Å². The molecule has 2 aromatic heterocycles. The molecule has 1 N–H and O–H groups in total. The molecule has 9 heteroatoms. The van der Waals surface area contributed by atoms with Gasteiger partial charge < -0.3 is 4.74 Å². The van der Waals surface area contributed by atoms with E-state index in [1.54, 1.807) is 13.2 Å². The molecule has 0 aliphatic carbocycles. The Morgan fingerprint density at radius 1 is 1.36 bits per heavy atom. The van der Waals surface area contributed by atoms with Crippen molar-refractivity contribution in [3.63, 3.8) is 0 Å². The van der Waals surface area contributed by atoms with Crippen LogP contribution >= 0.6 is 22.7 Å². The highest BCUT2D eigenvalue weighted by Gasteiger charge is 2.08. The molecule has 0 aliphatic heterocycles. The molecular weight excluding hydrogens is 324 g/mol. The average molecular weight is 334 g/mol. The van der Waals surface area contributed by atoms with Gasteiger partial charge in [0, 0.05) is 6.07 Å². The van der Waals surface area contributed by atoms with Gasteiger partial charge in [-0.1, -0.05) is 22.7 Å². The van der Waals surface area contributed by atoms with Gasteiger partial charge in [-0.2, -0.15) is 5.10 Å². The standard InChI is InChI=1S/C13H10N4O3S2/c1-20-8-2-4-10-11(6-8)22-13(15-10)16-14-7-9-3-5-12(21-9)17(18)19/h2-7H,1H3,(H,15,16). The summed E-state index contributed by atoms with van der Waals surface area (Å²) in [7, 11) is 1.62. The lowest BCUT2D eigenvalue weighted by Gasteiger charge is -1.96. The third kappa shape index (κ3) is 3.05. The summed E-state index contributed by atoms with van der Waals surface area (Å²) in [5.74, 6) is 0.775. The van der Waals surface area contributed by atoms with E-state index in [2.05, 4.69) is 15.5 Å². The zero-order valence-corrected chi connectivity index (χ0v) is 13.0. The van der Waals surface area contributed by atoms with Gasteiger partial charge in [-0.3, -0.25) is 15.5 Å². The van der Waals surface area contributed by atoms with Gasteiger partial charge >= 0.3 is 5.00 Å². The van der Waals surface area contributed by atoms with Crippen molar-refractivity contribution in [1.82, 2.24) is 4.98 Å². The number of thiophene rings is 1. The second-order valence-corrected chi connectivity index (χ2v) is 6.28. The number of fused-ring (bicyclic) bond motifs is 1. The van der Waals surface area contributed by atoms with Crippen LogP contribution in [0.5, 0.6) is 5.75 Å². The maximum atomic E-state index is 10.6.